The molecule has 0 radical (unpaired) electrons. The van der Waals surface area contributed by atoms with Gasteiger partial charge in [0.2, 0.25) is 5.91 Å². The number of ether oxygens (including phenoxy) is 3. The van der Waals surface area contributed by atoms with E-state index < -0.39 is 0 Å². The molecule has 1 aliphatic heterocycles. The first-order valence-electron chi connectivity index (χ1n) is 12.3. The molecule has 38 heavy (non-hydrogen) atoms. The van der Waals surface area contributed by atoms with Crippen molar-refractivity contribution in [1.29, 1.82) is 0 Å². The van der Waals surface area contributed by atoms with Crippen molar-refractivity contribution in [2.45, 2.75) is 18.9 Å². The quantitative estimate of drug-likeness (QED) is 0.346. The predicted octanol–water partition coefficient (Wildman–Crippen LogP) is 4.35. The fourth-order valence-corrected chi connectivity index (χ4v) is 4.67. The van der Waals surface area contributed by atoms with Gasteiger partial charge < -0.3 is 24.4 Å². The minimum Gasteiger partial charge on any atom is -0.495 e. The average Bonchev–Trinajstić information content (AvgIpc) is 3.38. The Balaban J connectivity index is 1.46. The van der Waals surface area contributed by atoms with E-state index >= 15 is 0 Å². The summed E-state index contributed by atoms with van der Waals surface area (Å²) in [7, 11) is 5.14. The van der Waals surface area contributed by atoms with Crippen molar-refractivity contribution in [2.75, 3.05) is 32.6 Å². The third kappa shape index (κ3) is 4.97. The Morgan fingerprint density at radius 2 is 1.84 bits per heavy atom. The molecule has 1 amide bonds. The van der Waals surface area contributed by atoms with Crippen LogP contribution in [0.25, 0.3) is 22.2 Å². The summed E-state index contributed by atoms with van der Waals surface area (Å²) in [5.41, 5.74) is 3.42. The maximum Gasteiger partial charge on any atom is 0.245 e. The van der Waals surface area contributed by atoms with E-state index in [9.17, 15) is 4.79 Å². The molecule has 5 rings (SSSR count). The molecule has 1 N–H and O–H groups in total. The lowest BCUT2D eigenvalue weighted by Gasteiger charge is -2.31. The lowest BCUT2D eigenvalue weighted by molar-refractivity contribution is -0.127. The Morgan fingerprint density at radius 3 is 2.53 bits per heavy atom. The van der Waals surface area contributed by atoms with Gasteiger partial charge in [0.15, 0.2) is 11.5 Å². The molecular formula is C28H30N6O4. The van der Waals surface area contributed by atoms with Crippen LogP contribution in [-0.2, 0) is 11.8 Å². The molecule has 1 saturated heterocycles. The van der Waals surface area contributed by atoms with E-state index in [1.807, 2.05) is 48.1 Å². The minimum absolute atomic E-state index is 0.0491. The number of aryl methyl sites for hydroxylation is 1. The first-order chi connectivity index (χ1) is 18.5. The molecule has 4 aromatic rings. The molecule has 10 nitrogen and oxygen atoms in total. The van der Waals surface area contributed by atoms with Gasteiger partial charge in [-0.05, 0) is 36.4 Å². The second-order valence-electron chi connectivity index (χ2n) is 8.97. The number of hydrogen-bond donors (Lipinski definition) is 1. The molecule has 10 heteroatoms. The average molecular weight is 515 g/mol. The second kappa shape index (κ2) is 10.8. The van der Waals surface area contributed by atoms with Gasteiger partial charge >= 0.3 is 0 Å². The Kier molecular flexibility index (Phi) is 7.12. The van der Waals surface area contributed by atoms with E-state index in [2.05, 4.69) is 27.0 Å². The summed E-state index contributed by atoms with van der Waals surface area (Å²) < 4.78 is 19.4. The highest BCUT2D eigenvalue weighted by molar-refractivity contribution is 5.93. The summed E-state index contributed by atoms with van der Waals surface area (Å²) in [4.78, 5) is 22.7. The number of carbonyl (C=O) groups is 1. The molecule has 1 fully saturated rings. The number of nitrogens with zero attached hydrogens (tertiary/aromatic N) is 5. The zero-order valence-corrected chi connectivity index (χ0v) is 21.7. The summed E-state index contributed by atoms with van der Waals surface area (Å²) in [5.74, 6) is 2.41. The number of aromatic nitrogens is 4. The van der Waals surface area contributed by atoms with Crippen LogP contribution in [0.15, 0.2) is 61.6 Å². The van der Waals surface area contributed by atoms with Crippen molar-refractivity contribution < 1.29 is 19.0 Å². The van der Waals surface area contributed by atoms with Gasteiger partial charge in [-0.25, -0.2) is 9.97 Å². The van der Waals surface area contributed by atoms with Gasteiger partial charge in [0.25, 0.3) is 0 Å². The Bertz CT molecular complexity index is 1480. The normalized spacial score (nSPS) is 13.8. The van der Waals surface area contributed by atoms with E-state index in [1.54, 1.807) is 25.3 Å². The number of rotatable bonds is 8. The maximum absolute atomic E-state index is 11.9. The number of methoxy groups -OCH3 is 2. The molecule has 2 aromatic heterocycles. The lowest BCUT2D eigenvalue weighted by Crippen LogP contribution is -2.41. The fourth-order valence-electron chi connectivity index (χ4n) is 4.67. The Labute approximate surface area is 220 Å². The van der Waals surface area contributed by atoms with Crippen LogP contribution in [0.3, 0.4) is 0 Å². The van der Waals surface area contributed by atoms with Crippen molar-refractivity contribution >= 4 is 28.3 Å². The number of nitrogens with one attached hydrogen (secondary N) is 1. The topological polar surface area (TPSA) is 104 Å². The predicted molar refractivity (Wildman–Crippen MR) is 145 cm³/mol. The summed E-state index contributed by atoms with van der Waals surface area (Å²) >= 11 is 0. The van der Waals surface area contributed by atoms with Crippen molar-refractivity contribution in [1.82, 2.24) is 24.6 Å². The molecule has 0 atom stereocenters. The van der Waals surface area contributed by atoms with Crippen LogP contribution in [0, 0.1) is 0 Å². The molecule has 0 spiro atoms. The van der Waals surface area contributed by atoms with Gasteiger partial charge in [-0.2, -0.15) is 5.10 Å². The monoisotopic (exact) mass is 514 g/mol. The minimum atomic E-state index is -0.0532. The van der Waals surface area contributed by atoms with Crippen LogP contribution in [0.1, 0.15) is 12.8 Å². The van der Waals surface area contributed by atoms with Crippen molar-refractivity contribution in [3.05, 3.63) is 61.6 Å². The standard InChI is InChI=1S/C28H30N6O4/c1-5-27(35)34-12-9-19(10-13-34)38-26-15-20-21(16-25(26)37-4)29-17-30-28(20)32-22-14-18(6-7-24(22)36-3)23-8-11-31-33(23)2/h5-8,11,14-17,19H,1,9-10,12-13H2,2-4H3,(H,29,30,32). The Morgan fingerprint density at radius 1 is 1.05 bits per heavy atom. The number of carbonyl (C=O) groups excluding carboxylic acids is 1. The highest BCUT2D eigenvalue weighted by Crippen LogP contribution is 2.38. The van der Waals surface area contributed by atoms with Crippen LogP contribution in [0.5, 0.6) is 17.2 Å². The number of piperidine rings is 1. The largest absolute Gasteiger partial charge is 0.495 e. The van der Waals surface area contributed by atoms with E-state index in [0.717, 1.165) is 35.2 Å². The van der Waals surface area contributed by atoms with Gasteiger partial charge in [-0.3, -0.25) is 9.48 Å². The highest BCUT2D eigenvalue weighted by Gasteiger charge is 2.24. The number of fused-ring (bicyclic) bond motifs is 1. The summed E-state index contributed by atoms with van der Waals surface area (Å²) in [6, 6.07) is 11.6. The third-order valence-corrected chi connectivity index (χ3v) is 6.71. The summed E-state index contributed by atoms with van der Waals surface area (Å²) in [5, 5.41) is 8.48. The third-order valence-electron chi connectivity index (χ3n) is 6.71. The molecule has 2 aromatic carbocycles. The number of benzene rings is 2. The molecule has 0 saturated carbocycles. The van der Waals surface area contributed by atoms with Crippen LogP contribution < -0.4 is 19.5 Å². The van der Waals surface area contributed by atoms with E-state index in [4.69, 9.17) is 14.2 Å². The summed E-state index contributed by atoms with van der Waals surface area (Å²) in [6.45, 7) is 4.81. The zero-order valence-electron chi connectivity index (χ0n) is 21.7. The lowest BCUT2D eigenvalue weighted by atomic mass is 10.1. The van der Waals surface area contributed by atoms with E-state index in [0.29, 0.717) is 41.7 Å². The molecule has 3 heterocycles. The molecule has 0 unspecified atom stereocenters. The molecular weight excluding hydrogens is 484 g/mol. The zero-order chi connectivity index (χ0) is 26.6. The summed E-state index contributed by atoms with van der Waals surface area (Å²) in [6.07, 6.45) is 6.01. The number of likely N-dealkylation sites (tertiary alicyclic amines) is 1. The molecule has 0 bridgehead atoms. The van der Waals surface area contributed by atoms with Crippen LogP contribution in [0.4, 0.5) is 11.5 Å². The smallest absolute Gasteiger partial charge is 0.245 e. The SMILES string of the molecule is C=CC(=O)N1CCC(Oc2cc3c(Nc4cc(-c5ccnn5C)ccc4OC)ncnc3cc2OC)CC1. The van der Waals surface area contributed by atoms with Crippen molar-refractivity contribution in [3.8, 4) is 28.5 Å². The van der Waals surface area contributed by atoms with Crippen LogP contribution in [0.2, 0.25) is 0 Å². The molecule has 0 aliphatic carbocycles. The van der Waals surface area contributed by atoms with E-state index in [-0.39, 0.29) is 12.0 Å². The number of amides is 1. The van der Waals surface area contributed by atoms with E-state index in [1.165, 1.54) is 12.4 Å². The van der Waals surface area contributed by atoms with Gasteiger partial charge in [-0.1, -0.05) is 6.58 Å². The van der Waals surface area contributed by atoms with Crippen molar-refractivity contribution in [3.63, 3.8) is 0 Å². The van der Waals surface area contributed by atoms with Gasteiger partial charge in [0.05, 0.1) is 31.1 Å². The van der Waals surface area contributed by atoms with Crippen LogP contribution >= 0.6 is 0 Å². The van der Waals surface area contributed by atoms with Crippen molar-refractivity contribution in [2.24, 2.45) is 7.05 Å². The number of anilines is 2. The van der Waals surface area contributed by atoms with Crippen LogP contribution in [-0.4, -0.2) is 64.0 Å². The molecule has 196 valence electrons. The maximum atomic E-state index is 11.9. The van der Waals surface area contributed by atoms with Gasteiger partial charge in [-0.15, -0.1) is 0 Å². The van der Waals surface area contributed by atoms with Gasteiger partial charge in [0, 0.05) is 56.2 Å². The highest BCUT2D eigenvalue weighted by atomic mass is 16.5. The first kappa shape index (κ1) is 25.1. The van der Waals surface area contributed by atoms with Gasteiger partial charge in [0.1, 0.15) is 24.0 Å². The Hall–Kier alpha value is -4.60. The second-order valence-corrected chi connectivity index (χ2v) is 8.97. The first-order valence-corrected chi connectivity index (χ1v) is 12.3. The fraction of sp³-hybridized carbons (Fsp3) is 0.286. The molecule has 1 aliphatic rings. The number of hydrogen-bond acceptors (Lipinski definition) is 8.